The monoisotopic (exact) mass is 386 g/mol. The molecular weight excluding hydrogens is 368 g/mol. The van der Waals surface area contributed by atoms with Crippen LogP contribution in [-0.4, -0.2) is 28.0 Å². The van der Waals surface area contributed by atoms with E-state index in [1.54, 1.807) is 0 Å². The number of rotatable bonds is 5. The van der Waals surface area contributed by atoms with Gasteiger partial charge in [0.25, 0.3) is 10.1 Å². The number of hydrogen-bond acceptors (Lipinski definition) is 7. The van der Waals surface area contributed by atoms with Gasteiger partial charge in [-0.15, -0.1) is 4.36 Å². The van der Waals surface area contributed by atoms with Crippen LogP contribution in [0.1, 0.15) is 12.5 Å². The smallest absolute Gasteiger partial charge is 0.316 e. The van der Waals surface area contributed by atoms with Crippen LogP contribution in [-0.2, 0) is 26.4 Å². The summed E-state index contributed by atoms with van der Waals surface area (Å²) in [5.41, 5.74) is 6.83. The maximum Gasteiger partial charge on any atom is 0.316 e. The summed E-state index contributed by atoms with van der Waals surface area (Å²) in [6.07, 6.45) is 0. The zero-order valence-electron chi connectivity index (χ0n) is 13.4. The molecule has 0 saturated heterocycles. The molecule has 0 aromatic heterocycles. The number of nitrogens with zero attached hydrogens (tertiary/aromatic N) is 1. The van der Waals surface area contributed by atoms with Gasteiger partial charge in [0.05, 0.1) is 18.0 Å². The Morgan fingerprint density at radius 1 is 1.12 bits per heavy atom. The lowest BCUT2D eigenvalue weighted by Crippen LogP contribution is -2.00. The van der Waals surface area contributed by atoms with Crippen LogP contribution in [0.5, 0.6) is 5.75 Å². The van der Waals surface area contributed by atoms with E-state index in [1.165, 1.54) is 24.3 Å². The Kier molecular flexibility index (Phi) is 8.05. The first-order chi connectivity index (χ1) is 11.7. The maximum absolute atomic E-state index is 10.5. The normalized spacial score (nSPS) is 10.3. The first kappa shape index (κ1) is 20.6. The van der Waals surface area contributed by atoms with Gasteiger partial charge in [-0.2, -0.15) is 16.8 Å². The fourth-order valence-corrected chi connectivity index (χ4v) is 2.62. The first-order valence-corrected chi connectivity index (χ1v) is 9.68. The number of para-hydroxylation sites is 2. The Labute approximate surface area is 147 Å². The minimum Gasteiger partial charge on any atom is -0.492 e. The molecule has 0 aliphatic rings. The van der Waals surface area contributed by atoms with Crippen LogP contribution < -0.4 is 10.5 Å². The summed E-state index contributed by atoms with van der Waals surface area (Å²) >= 11 is 0. The fourth-order valence-electron chi connectivity index (χ4n) is 1.72. The Morgan fingerprint density at radius 2 is 1.72 bits per heavy atom. The SMILES string of the molecule is CCOc1ccccc1N.O=S(=O)=Nc1ccc(CS(=O)(=O)O)cc1. The summed E-state index contributed by atoms with van der Waals surface area (Å²) in [5, 5.41) is 0. The van der Waals surface area contributed by atoms with E-state index in [9.17, 15) is 16.8 Å². The molecule has 0 bridgehead atoms. The molecule has 0 fully saturated rings. The lowest BCUT2D eigenvalue weighted by atomic mass is 10.2. The predicted octanol–water partition coefficient (Wildman–Crippen LogP) is 2.44. The Hall–Kier alpha value is -2.43. The highest BCUT2D eigenvalue weighted by Crippen LogP contribution is 2.19. The average molecular weight is 386 g/mol. The number of ether oxygens (including phenoxy) is 1. The van der Waals surface area contributed by atoms with Crippen molar-refractivity contribution in [3.63, 3.8) is 0 Å². The maximum atomic E-state index is 10.5. The lowest BCUT2D eigenvalue weighted by Gasteiger charge is -2.04. The molecule has 0 amide bonds. The molecule has 8 nitrogen and oxygen atoms in total. The highest BCUT2D eigenvalue weighted by atomic mass is 32.2. The van der Waals surface area contributed by atoms with Gasteiger partial charge in [-0.3, -0.25) is 4.55 Å². The summed E-state index contributed by atoms with van der Waals surface area (Å²) in [7, 11) is -6.60. The van der Waals surface area contributed by atoms with Gasteiger partial charge in [0.1, 0.15) is 11.5 Å². The van der Waals surface area contributed by atoms with Gasteiger partial charge >= 0.3 is 10.5 Å². The van der Waals surface area contributed by atoms with Crippen molar-refractivity contribution in [2.24, 2.45) is 4.36 Å². The van der Waals surface area contributed by atoms with Gasteiger partial charge in [0, 0.05) is 0 Å². The highest BCUT2D eigenvalue weighted by Gasteiger charge is 2.05. The minimum atomic E-state index is -4.07. The van der Waals surface area contributed by atoms with Gasteiger partial charge in [0.2, 0.25) is 0 Å². The molecule has 0 aliphatic carbocycles. The minimum absolute atomic E-state index is 0.197. The van der Waals surface area contributed by atoms with Crippen LogP contribution in [0.3, 0.4) is 0 Å². The summed E-state index contributed by atoms with van der Waals surface area (Å²) < 4.78 is 58.3. The van der Waals surface area contributed by atoms with E-state index in [1.807, 2.05) is 31.2 Å². The van der Waals surface area contributed by atoms with Crippen LogP contribution in [0, 0.1) is 0 Å². The number of hydrogen-bond donors (Lipinski definition) is 2. The summed E-state index contributed by atoms with van der Waals surface area (Å²) in [4.78, 5) is 0. The Balaban J connectivity index is 0.000000271. The van der Waals surface area contributed by atoms with Crippen molar-refractivity contribution < 1.29 is 26.1 Å². The van der Waals surface area contributed by atoms with Crippen molar-refractivity contribution in [3.05, 3.63) is 54.1 Å². The molecule has 0 spiro atoms. The van der Waals surface area contributed by atoms with Crippen molar-refractivity contribution in [2.75, 3.05) is 12.3 Å². The quantitative estimate of drug-likeness (QED) is 0.595. The molecule has 0 aliphatic heterocycles. The fraction of sp³-hybridized carbons (Fsp3) is 0.200. The highest BCUT2D eigenvalue weighted by molar-refractivity contribution is 7.85. The van der Waals surface area contributed by atoms with Crippen molar-refractivity contribution in [1.82, 2.24) is 0 Å². The van der Waals surface area contributed by atoms with E-state index < -0.39 is 26.4 Å². The van der Waals surface area contributed by atoms with Gasteiger partial charge in [-0.05, 0) is 36.8 Å². The second-order valence-corrected chi connectivity index (χ2v) is 6.74. The number of anilines is 1. The third-order valence-corrected chi connectivity index (χ3v) is 3.74. The molecule has 136 valence electrons. The zero-order chi connectivity index (χ0) is 18.9. The van der Waals surface area contributed by atoms with E-state index in [-0.39, 0.29) is 5.69 Å². The van der Waals surface area contributed by atoms with Crippen LogP contribution in [0.2, 0.25) is 0 Å². The second kappa shape index (κ2) is 9.77. The molecule has 10 heteroatoms. The number of nitrogens with two attached hydrogens (primary N) is 1. The predicted molar refractivity (Wildman–Crippen MR) is 94.7 cm³/mol. The van der Waals surface area contributed by atoms with Gasteiger partial charge in [-0.1, -0.05) is 24.3 Å². The molecule has 0 saturated carbocycles. The van der Waals surface area contributed by atoms with E-state index in [2.05, 4.69) is 4.36 Å². The summed E-state index contributed by atoms with van der Waals surface area (Å²) in [6.45, 7) is 2.60. The summed E-state index contributed by atoms with van der Waals surface area (Å²) in [6, 6.07) is 12.9. The van der Waals surface area contributed by atoms with Crippen molar-refractivity contribution >= 4 is 32.0 Å². The Morgan fingerprint density at radius 3 is 2.20 bits per heavy atom. The van der Waals surface area contributed by atoms with E-state index in [0.29, 0.717) is 17.9 Å². The third kappa shape index (κ3) is 8.84. The standard InChI is InChI=1S/C8H11NO.C7H7NO5S2/c1-2-10-8-6-4-3-5-7(8)9;9-14(10)8-7-3-1-6(2-4-7)5-15(11,12)13/h3-6H,2,9H2,1H3;1-4H,5H2,(H,11,12,13). The van der Waals surface area contributed by atoms with Crippen LogP contribution >= 0.6 is 0 Å². The van der Waals surface area contributed by atoms with Gasteiger partial charge in [0.15, 0.2) is 0 Å². The summed E-state index contributed by atoms with van der Waals surface area (Å²) in [5.74, 6) is 0.262. The lowest BCUT2D eigenvalue weighted by molar-refractivity contribution is 0.342. The molecule has 0 atom stereocenters. The van der Waals surface area contributed by atoms with Gasteiger partial charge in [-0.25, -0.2) is 0 Å². The Bertz CT molecular complexity index is 915. The van der Waals surface area contributed by atoms with Crippen LogP contribution in [0.15, 0.2) is 52.9 Å². The number of nitrogen functional groups attached to an aromatic ring is 1. The molecule has 0 unspecified atom stereocenters. The molecule has 2 aromatic carbocycles. The molecule has 0 heterocycles. The van der Waals surface area contributed by atoms with E-state index in [4.69, 9.17) is 15.0 Å². The first-order valence-electron chi connectivity index (χ1n) is 7.03. The second-order valence-electron chi connectivity index (χ2n) is 4.67. The third-order valence-electron chi connectivity index (χ3n) is 2.68. The van der Waals surface area contributed by atoms with E-state index >= 15 is 0 Å². The molecule has 3 N–H and O–H groups in total. The molecular formula is C15H18N2O6S2. The van der Waals surface area contributed by atoms with Crippen molar-refractivity contribution in [3.8, 4) is 5.75 Å². The topological polar surface area (TPSA) is 136 Å². The molecule has 0 radical (unpaired) electrons. The van der Waals surface area contributed by atoms with Crippen molar-refractivity contribution in [1.29, 1.82) is 0 Å². The molecule has 2 rings (SSSR count). The molecule has 2 aromatic rings. The largest absolute Gasteiger partial charge is 0.492 e. The van der Waals surface area contributed by atoms with Crippen LogP contribution in [0.4, 0.5) is 11.4 Å². The van der Waals surface area contributed by atoms with E-state index in [0.717, 1.165) is 5.75 Å². The van der Waals surface area contributed by atoms with Crippen molar-refractivity contribution in [2.45, 2.75) is 12.7 Å². The van der Waals surface area contributed by atoms with Gasteiger partial charge < -0.3 is 10.5 Å². The number of benzene rings is 2. The zero-order valence-corrected chi connectivity index (χ0v) is 15.0. The average Bonchev–Trinajstić information content (AvgIpc) is 2.51. The van der Waals surface area contributed by atoms with Crippen LogP contribution in [0.25, 0.3) is 0 Å². The molecule has 25 heavy (non-hydrogen) atoms.